The summed E-state index contributed by atoms with van der Waals surface area (Å²) in [7, 11) is 0. The third kappa shape index (κ3) is 5.26. The fourth-order valence-electron chi connectivity index (χ4n) is 5.73. The van der Waals surface area contributed by atoms with Crippen molar-refractivity contribution in [1.29, 1.82) is 0 Å². The normalized spacial score (nSPS) is 12.9. The molecule has 0 fully saturated rings. The maximum atomic E-state index is 12.3. The van der Waals surface area contributed by atoms with Gasteiger partial charge >= 0.3 is 5.97 Å². The largest absolute Gasteiger partial charge is 0.465 e. The van der Waals surface area contributed by atoms with Crippen LogP contribution in [0, 0.1) is 0 Å². The topological polar surface area (TPSA) is 74.8 Å². The number of para-hydroxylation sites is 1. The third-order valence-electron chi connectivity index (χ3n) is 7.56. The molecule has 0 spiro atoms. The number of carbonyl (C=O) groups is 1. The second kappa shape index (κ2) is 12.0. The first kappa shape index (κ1) is 27.9. The molecule has 0 amide bonds. The molecule has 1 aliphatic rings. The van der Waals surface area contributed by atoms with Crippen LogP contribution >= 0.6 is 34.7 Å². The molecule has 0 N–H and O–H groups in total. The molecule has 43 heavy (non-hydrogen) atoms. The Labute approximate surface area is 262 Å². The van der Waals surface area contributed by atoms with E-state index in [1.54, 1.807) is 11.3 Å². The number of hydrogen-bond donors (Lipinski definition) is 0. The number of carbonyl (C=O) groups excluding carboxylic acids is 1. The Bertz CT molecular complexity index is 1920. The molecule has 0 saturated heterocycles. The lowest BCUT2D eigenvalue weighted by Gasteiger charge is -2.21. The van der Waals surface area contributed by atoms with E-state index in [0.29, 0.717) is 22.6 Å². The van der Waals surface area contributed by atoms with Gasteiger partial charge in [0.1, 0.15) is 4.83 Å². The zero-order chi connectivity index (χ0) is 29.3. The SMILES string of the molecule is CCOC(=O)CSc1nnc(-c2sc3nc4c(c(-c5ccc(Cl)cc5)c3c2-n2cccc2)CCCC4)n1-c1ccccc1. The number of rotatable bonds is 8. The van der Waals surface area contributed by atoms with Crippen molar-refractivity contribution in [2.75, 3.05) is 12.4 Å². The summed E-state index contributed by atoms with van der Waals surface area (Å²) in [4.78, 5) is 19.5. The van der Waals surface area contributed by atoms with Gasteiger partial charge in [-0.2, -0.15) is 0 Å². The van der Waals surface area contributed by atoms with Gasteiger partial charge in [-0.05, 0) is 85.7 Å². The maximum absolute atomic E-state index is 12.3. The summed E-state index contributed by atoms with van der Waals surface area (Å²) in [5.41, 5.74) is 6.75. The minimum atomic E-state index is -0.283. The van der Waals surface area contributed by atoms with Crippen LogP contribution < -0.4 is 0 Å². The fraction of sp³-hybridized carbons (Fsp3) is 0.212. The van der Waals surface area contributed by atoms with Gasteiger partial charge in [0.25, 0.3) is 0 Å². The molecule has 10 heteroatoms. The molecular weight excluding hydrogens is 598 g/mol. The predicted molar refractivity (Wildman–Crippen MR) is 174 cm³/mol. The molecule has 6 aromatic rings. The van der Waals surface area contributed by atoms with Crippen molar-refractivity contribution < 1.29 is 9.53 Å². The van der Waals surface area contributed by atoms with Gasteiger partial charge < -0.3 is 9.30 Å². The van der Waals surface area contributed by atoms with Crippen molar-refractivity contribution in [2.45, 2.75) is 37.8 Å². The molecule has 0 radical (unpaired) electrons. The summed E-state index contributed by atoms with van der Waals surface area (Å²) in [5, 5.41) is 11.8. The van der Waals surface area contributed by atoms with Gasteiger partial charge in [-0.15, -0.1) is 21.5 Å². The van der Waals surface area contributed by atoms with E-state index in [9.17, 15) is 4.79 Å². The van der Waals surface area contributed by atoms with Gasteiger partial charge in [0.15, 0.2) is 11.0 Å². The van der Waals surface area contributed by atoms with Gasteiger partial charge in [0, 0.05) is 34.2 Å². The van der Waals surface area contributed by atoms with Crippen LogP contribution in [0.25, 0.3) is 43.4 Å². The molecule has 0 saturated carbocycles. The van der Waals surface area contributed by atoms with Crippen molar-refractivity contribution in [3.63, 3.8) is 0 Å². The molecule has 0 unspecified atom stereocenters. The summed E-state index contributed by atoms with van der Waals surface area (Å²) in [6, 6.07) is 22.2. The van der Waals surface area contributed by atoms with E-state index in [1.165, 1.54) is 28.6 Å². The van der Waals surface area contributed by atoms with Crippen molar-refractivity contribution >= 4 is 50.9 Å². The number of aromatic nitrogens is 5. The molecule has 4 heterocycles. The van der Waals surface area contributed by atoms with Crippen LogP contribution in [0.4, 0.5) is 0 Å². The number of ether oxygens (including phenoxy) is 1. The number of thioether (sulfide) groups is 1. The maximum Gasteiger partial charge on any atom is 0.316 e. The highest BCUT2D eigenvalue weighted by Gasteiger charge is 2.29. The van der Waals surface area contributed by atoms with Crippen molar-refractivity contribution in [3.05, 3.63) is 95.4 Å². The predicted octanol–water partition coefficient (Wildman–Crippen LogP) is 8.19. The Morgan fingerprint density at radius 3 is 2.53 bits per heavy atom. The minimum absolute atomic E-state index is 0.144. The Kier molecular flexibility index (Phi) is 7.78. The lowest BCUT2D eigenvalue weighted by Crippen LogP contribution is -2.08. The summed E-state index contributed by atoms with van der Waals surface area (Å²) < 4.78 is 9.37. The zero-order valence-electron chi connectivity index (χ0n) is 23.5. The summed E-state index contributed by atoms with van der Waals surface area (Å²) in [6.45, 7) is 2.15. The standard InChI is InChI=1S/C33H28ClN5O2S2/c1-2-41-26(40)20-42-33-37-36-31(39(33)23-10-4-3-5-11-23)30-29(38-18-8-9-19-38)28-27(21-14-16-22(34)17-15-21)24-12-6-7-13-25(24)35-32(28)43-30/h3-5,8-11,14-19H,2,6-7,12-13,20H2,1H3. The number of halogens is 1. The summed E-state index contributed by atoms with van der Waals surface area (Å²) in [6.07, 6.45) is 8.36. The Balaban J connectivity index is 1.51. The van der Waals surface area contributed by atoms with Gasteiger partial charge in [0.2, 0.25) is 0 Å². The van der Waals surface area contributed by atoms with Crippen molar-refractivity contribution in [3.8, 4) is 33.2 Å². The lowest BCUT2D eigenvalue weighted by molar-refractivity contribution is -0.139. The second-order valence-corrected chi connectivity index (χ2v) is 12.6. The number of esters is 1. The van der Waals surface area contributed by atoms with E-state index in [4.69, 9.17) is 26.4 Å². The molecule has 216 valence electrons. The van der Waals surface area contributed by atoms with Crippen LogP contribution in [0.15, 0.2) is 84.3 Å². The number of thiophene rings is 1. The number of pyridine rings is 1. The Morgan fingerprint density at radius 2 is 1.77 bits per heavy atom. The number of benzene rings is 2. The number of nitrogens with zero attached hydrogens (tertiary/aromatic N) is 5. The van der Waals surface area contributed by atoms with Crippen molar-refractivity contribution in [2.24, 2.45) is 0 Å². The molecule has 2 aromatic carbocycles. The molecule has 0 atom stereocenters. The lowest BCUT2D eigenvalue weighted by atomic mass is 9.87. The molecule has 0 bridgehead atoms. The highest BCUT2D eigenvalue weighted by Crippen LogP contribution is 2.48. The van der Waals surface area contributed by atoms with Crippen LogP contribution in [0.3, 0.4) is 0 Å². The summed E-state index contributed by atoms with van der Waals surface area (Å²) in [5.74, 6) is 0.559. The third-order valence-corrected chi connectivity index (χ3v) is 9.79. The Morgan fingerprint density at radius 1 is 1.00 bits per heavy atom. The highest BCUT2D eigenvalue weighted by molar-refractivity contribution is 7.99. The smallest absolute Gasteiger partial charge is 0.316 e. The van der Waals surface area contributed by atoms with Gasteiger partial charge in [0.05, 0.1) is 22.9 Å². The van der Waals surface area contributed by atoms with Crippen LogP contribution in [0.5, 0.6) is 0 Å². The quantitative estimate of drug-likeness (QED) is 0.125. The minimum Gasteiger partial charge on any atom is -0.465 e. The highest BCUT2D eigenvalue weighted by atomic mass is 35.5. The zero-order valence-corrected chi connectivity index (χ0v) is 25.9. The molecule has 1 aliphatic carbocycles. The molecule has 0 aliphatic heterocycles. The second-order valence-electron chi connectivity index (χ2n) is 10.2. The summed E-state index contributed by atoms with van der Waals surface area (Å²) >= 11 is 9.29. The van der Waals surface area contributed by atoms with Crippen LogP contribution in [0.2, 0.25) is 5.02 Å². The van der Waals surface area contributed by atoms with Crippen molar-refractivity contribution in [1.82, 2.24) is 24.3 Å². The molecule has 7 rings (SSSR count). The molecule has 4 aromatic heterocycles. The average molecular weight is 626 g/mol. The van der Waals surface area contributed by atoms with Gasteiger partial charge in [-0.3, -0.25) is 9.36 Å². The van der Waals surface area contributed by atoms with E-state index in [-0.39, 0.29) is 11.7 Å². The van der Waals surface area contributed by atoms with E-state index in [2.05, 4.69) is 34.2 Å². The molecule has 7 nitrogen and oxygen atoms in total. The molecular formula is C33H28ClN5O2S2. The van der Waals surface area contributed by atoms with E-state index in [1.807, 2.05) is 66.1 Å². The van der Waals surface area contributed by atoms with E-state index in [0.717, 1.165) is 57.7 Å². The van der Waals surface area contributed by atoms with Crippen LogP contribution in [-0.4, -0.2) is 42.6 Å². The van der Waals surface area contributed by atoms with Gasteiger partial charge in [-0.1, -0.05) is 53.7 Å². The first-order valence-corrected chi connectivity index (χ1v) is 16.5. The number of hydrogen-bond acceptors (Lipinski definition) is 7. The fourth-order valence-corrected chi connectivity index (χ4v) is 7.79. The first-order valence-electron chi connectivity index (χ1n) is 14.3. The number of aryl methyl sites for hydroxylation is 1. The monoisotopic (exact) mass is 625 g/mol. The van der Waals surface area contributed by atoms with E-state index >= 15 is 0 Å². The van der Waals surface area contributed by atoms with Crippen LogP contribution in [-0.2, 0) is 22.4 Å². The average Bonchev–Trinajstić information content (AvgIpc) is 3.78. The van der Waals surface area contributed by atoms with Crippen LogP contribution in [0.1, 0.15) is 31.0 Å². The first-order chi connectivity index (χ1) is 21.1. The number of fused-ring (bicyclic) bond motifs is 2. The van der Waals surface area contributed by atoms with E-state index < -0.39 is 0 Å². The van der Waals surface area contributed by atoms with Gasteiger partial charge in [-0.25, -0.2) is 4.98 Å². The Hall–Kier alpha value is -3.92.